The molecule has 1 aliphatic rings. The Balaban J connectivity index is 1.60. The fourth-order valence-electron chi connectivity index (χ4n) is 2.55. The van der Waals surface area contributed by atoms with E-state index in [-0.39, 0.29) is 17.1 Å². The highest BCUT2D eigenvalue weighted by Crippen LogP contribution is 2.24. The fourth-order valence-corrected chi connectivity index (χ4v) is 2.76. The molecule has 2 aromatic heterocycles. The fraction of sp³-hybridized carbons (Fsp3) is 0.357. The van der Waals surface area contributed by atoms with Crippen LogP contribution in [0.25, 0.3) is 0 Å². The number of rotatable bonds is 3. The highest BCUT2D eigenvalue weighted by Gasteiger charge is 2.26. The highest BCUT2D eigenvalue weighted by atomic mass is 35.5. The largest absolute Gasteiger partial charge is 0.467 e. The van der Waals surface area contributed by atoms with Crippen molar-refractivity contribution in [2.45, 2.75) is 19.4 Å². The van der Waals surface area contributed by atoms with Crippen molar-refractivity contribution in [3.8, 4) is 0 Å². The molecular weight excluding hydrogens is 322 g/mol. The maximum absolute atomic E-state index is 12.0. The molecule has 122 valence electrons. The van der Waals surface area contributed by atoms with Gasteiger partial charge in [-0.25, -0.2) is 9.89 Å². The van der Waals surface area contributed by atoms with Gasteiger partial charge in [0.1, 0.15) is 10.8 Å². The Bertz CT molecular complexity index is 772. The van der Waals surface area contributed by atoms with Crippen molar-refractivity contribution < 1.29 is 9.21 Å². The number of furan rings is 1. The van der Waals surface area contributed by atoms with Gasteiger partial charge in [0.05, 0.1) is 23.8 Å². The van der Waals surface area contributed by atoms with E-state index in [2.05, 4.69) is 20.8 Å². The van der Waals surface area contributed by atoms with E-state index in [1.807, 2.05) is 4.90 Å². The number of nitrogens with zero attached hydrogens (tertiary/aromatic N) is 2. The number of halogens is 1. The molecule has 0 radical (unpaired) electrons. The minimum absolute atomic E-state index is 0.0439. The summed E-state index contributed by atoms with van der Waals surface area (Å²) < 4.78 is 5.13. The van der Waals surface area contributed by atoms with Crippen LogP contribution in [0.1, 0.15) is 12.2 Å². The number of aromatic nitrogens is 2. The van der Waals surface area contributed by atoms with E-state index in [0.717, 1.165) is 6.42 Å². The Morgan fingerprint density at radius 1 is 1.57 bits per heavy atom. The summed E-state index contributed by atoms with van der Waals surface area (Å²) in [6.45, 7) is 3.01. The molecule has 23 heavy (non-hydrogen) atoms. The zero-order valence-electron chi connectivity index (χ0n) is 12.4. The van der Waals surface area contributed by atoms with Crippen LogP contribution < -0.4 is 21.1 Å². The summed E-state index contributed by atoms with van der Waals surface area (Å²) in [6, 6.07) is 1.35. The first-order chi connectivity index (χ1) is 11.0. The number of hydrogen-bond donors (Lipinski definition) is 3. The van der Waals surface area contributed by atoms with Crippen LogP contribution in [0, 0.1) is 6.92 Å². The van der Waals surface area contributed by atoms with Crippen molar-refractivity contribution in [2.75, 3.05) is 23.3 Å². The Morgan fingerprint density at radius 2 is 2.39 bits per heavy atom. The maximum Gasteiger partial charge on any atom is 0.319 e. The number of carbonyl (C=O) groups excluding carboxylic acids is 1. The second-order valence-corrected chi connectivity index (χ2v) is 5.70. The second kappa shape index (κ2) is 6.33. The third kappa shape index (κ3) is 3.31. The molecule has 0 unspecified atom stereocenters. The first kappa shape index (κ1) is 15.4. The van der Waals surface area contributed by atoms with Crippen molar-refractivity contribution in [1.82, 2.24) is 15.5 Å². The molecule has 1 atom stereocenters. The zero-order chi connectivity index (χ0) is 16.4. The average molecular weight is 338 g/mol. The summed E-state index contributed by atoms with van der Waals surface area (Å²) in [5.41, 5.74) is 0.791. The van der Waals surface area contributed by atoms with Gasteiger partial charge in [0.2, 0.25) is 0 Å². The molecule has 2 aromatic rings. The quantitative estimate of drug-likeness (QED) is 0.791. The Hall–Kier alpha value is -2.48. The van der Waals surface area contributed by atoms with Gasteiger partial charge in [-0.05, 0) is 13.3 Å². The van der Waals surface area contributed by atoms with Gasteiger partial charge in [-0.2, -0.15) is 5.10 Å². The molecule has 3 N–H and O–H groups in total. The van der Waals surface area contributed by atoms with Gasteiger partial charge in [0.25, 0.3) is 5.56 Å². The minimum atomic E-state index is -0.422. The van der Waals surface area contributed by atoms with Crippen molar-refractivity contribution in [3.05, 3.63) is 39.7 Å². The van der Waals surface area contributed by atoms with Crippen LogP contribution in [0.2, 0.25) is 5.02 Å². The van der Waals surface area contributed by atoms with Crippen LogP contribution in [-0.4, -0.2) is 35.4 Å². The van der Waals surface area contributed by atoms with E-state index < -0.39 is 5.56 Å². The molecule has 3 heterocycles. The standard InChI is InChI=1S/C14H16ClN5O3/c1-8-10(3-5-23-8)18-14(22)17-9-2-4-20(7-9)11-6-16-19-13(21)12(11)15/h3,5-6,9H,2,4,7H2,1H3,(H,19,21)(H2,17,18,22)/t9-/m1/s1. The maximum atomic E-state index is 12.0. The van der Waals surface area contributed by atoms with Crippen LogP contribution in [0.3, 0.4) is 0 Å². The summed E-state index contributed by atoms with van der Waals surface area (Å²) in [4.78, 5) is 25.4. The summed E-state index contributed by atoms with van der Waals surface area (Å²) in [5.74, 6) is 0.648. The molecule has 8 nitrogen and oxygen atoms in total. The molecule has 1 saturated heterocycles. The van der Waals surface area contributed by atoms with Crippen LogP contribution in [-0.2, 0) is 0 Å². The topological polar surface area (TPSA) is 103 Å². The van der Waals surface area contributed by atoms with Crippen molar-refractivity contribution >= 4 is 29.0 Å². The minimum Gasteiger partial charge on any atom is -0.467 e. The van der Waals surface area contributed by atoms with Crippen molar-refractivity contribution in [2.24, 2.45) is 0 Å². The normalized spacial score (nSPS) is 17.3. The summed E-state index contributed by atoms with van der Waals surface area (Å²) >= 11 is 6.00. The van der Waals surface area contributed by atoms with E-state index in [9.17, 15) is 9.59 Å². The molecule has 2 amide bonds. The predicted molar refractivity (Wildman–Crippen MR) is 86.1 cm³/mol. The number of aryl methyl sites for hydroxylation is 1. The molecule has 1 aliphatic heterocycles. The Kier molecular flexibility index (Phi) is 4.24. The van der Waals surface area contributed by atoms with Crippen LogP contribution in [0.5, 0.6) is 0 Å². The third-order valence-electron chi connectivity index (χ3n) is 3.75. The van der Waals surface area contributed by atoms with Crippen LogP contribution >= 0.6 is 11.6 Å². The number of aromatic amines is 1. The predicted octanol–water partition coefficient (Wildman–Crippen LogP) is 1.73. The van der Waals surface area contributed by atoms with E-state index in [1.165, 1.54) is 12.5 Å². The first-order valence-electron chi connectivity index (χ1n) is 7.14. The van der Waals surface area contributed by atoms with E-state index in [4.69, 9.17) is 16.0 Å². The lowest BCUT2D eigenvalue weighted by Gasteiger charge is -2.19. The molecule has 0 saturated carbocycles. The molecule has 9 heteroatoms. The molecular formula is C14H16ClN5O3. The van der Waals surface area contributed by atoms with Gasteiger partial charge in [-0.1, -0.05) is 11.6 Å². The summed E-state index contributed by atoms with van der Waals surface area (Å²) in [6.07, 6.45) is 3.78. The number of anilines is 2. The Labute approximate surface area is 136 Å². The summed E-state index contributed by atoms with van der Waals surface area (Å²) in [5, 5.41) is 11.8. The van der Waals surface area contributed by atoms with Gasteiger partial charge in [0, 0.05) is 25.2 Å². The summed E-state index contributed by atoms with van der Waals surface area (Å²) in [7, 11) is 0. The van der Waals surface area contributed by atoms with Gasteiger partial charge in [-0.3, -0.25) is 4.79 Å². The highest BCUT2D eigenvalue weighted by molar-refractivity contribution is 6.33. The first-order valence-corrected chi connectivity index (χ1v) is 7.52. The smallest absolute Gasteiger partial charge is 0.319 e. The Morgan fingerprint density at radius 3 is 3.13 bits per heavy atom. The lowest BCUT2D eigenvalue weighted by Crippen LogP contribution is -2.39. The SMILES string of the molecule is Cc1occc1NC(=O)N[C@@H]1CCN(c2cn[nH]c(=O)c2Cl)C1. The number of urea groups is 1. The number of H-pyrrole nitrogens is 1. The van der Waals surface area contributed by atoms with Crippen molar-refractivity contribution in [3.63, 3.8) is 0 Å². The molecule has 0 aliphatic carbocycles. The lowest BCUT2D eigenvalue weighted by molar-refractivity contribution is 0.249. The third-order valence-corrected chi connectivity index (χ3v) is 4.11. The molecule has 0 aromatic carbocycles. The van der Waals surface area contributed by atoms with Crippen LogP contribution in [0.4, 0.5) is 16.2 Å². The average Bonchev–Trinajstić information content (AvgIpc) is 3.12. The van der Waals surface area contributed by atoms with Gasteiger partial charge < -0.3 is 20.0 Å². The molecule has 1 fully saturated rings. The van der Waals surface area contributed by atoms with Crippen molar-refractivity contribution in [1.29, 1.82) is 0 Å². The number of carbonyl (C=O) groups is 1. The second-order valence-electron chi connectivity index (χ2n) is 5.32. The molecule has 3 rings (SSSR count). The molecule has 0 spiro atoms. The van der Waals surface area contributed by atoms with E-state index in [1.54, 1.807) is 13.0 Å². The number of hydrogen-bond acceptors (Lipinski definition) is 5. The number of amides is 2. The van der Waals surface area contributed by atoms with Gasteiger partial charge >= 0.3 is 6.03 Å². The lowest BCUT2D eigenvalue weighted by atomic mass is 10.3. The number of nitrogens with one attached hydrogen (secondary N) is 3. The molecule has 0 bridgehead atoms. The van der Waals surface area contributed by atoms with E-state index >= 15 is 0 Å². The van der Waals surface area contributed by atoms with Gasteiger partial charge in [-0.15, -0.1) is 0 Å². The zero-order valence-corrected chi connectivity index (χ0v) is 13.2. The van der Waals surface area contributed by atoms with Gasteiger partial charge in [0.15, 0.2) is 0 Å². The van der Waals surface area contributed by atoms with Crippen LogP contribution in [0.15, 0.2) is 27.7 Å². The van der Waals surface area contributed by atoms with E-state index in [0.29, 0.717) is 30.2 Å². The monoisotopic (exact) mass is 337 g/mol.